The van der Waals surface area contributed by atoms with Crippen LogP contribution in [0.2, 0.25) is 0 Å². The number of anilines is 1. The maximum absolute atomic E-state index is 13.4. The van der Waals surface area contributed by atoms with Gasteiger partial charge in [0.1, 0.15) is 6.54 Å². The van der Waals surface area contributed by atoms with Crippen LogP contribution >= 0.6 is 23.1 Å². The summed E-state index contributed by atoms with van der Waals surface area (Å²) < 4.78 is 3.11. The Balaban J connectivity index is 1.15. The zero-order valence-corrected chi connectivity index (χ0v) is 23.0. The smallest absolute Gasteiger partial charge is 0.266 e. The molecule has 6 aromatic rings. The Bertz CT molecular complexity index is 1860. The predicted octanol–water partition coefficient (Wildman–Crippen LogP) is 5.34. The van der Waals surface area contributed by atoms with Crippen LogP contribution in [0.1, 0.15) is 11.3 Å². The molecule has 9 nitrogen and oxygen atoms in total. The third-order valence-electron chi connectivity index (χ3n) is 6.10. The van der Waals surface area contributed by atoms with Crippen LogP contribution in [0.25, 0.3) is 27.8 Å². The molecule has 0 radical (unpaired) electrons. The van der Waals surface area contributed by atoms with Crippen LogP contribution in [0, 0.1) is 6.92 Å². The number of thiazole rings is 1. The second-order valence-corrected chi connectivity index (χ2v) is 10.8. The van der Waals surface area contributed by atoms with Gasteiger partial charge in [-0.25, -0.2) is 14.6 Å². The molecule has 3 aromatic heterocycles. The SMILES string of the molecule is Cc1ccc(-n2c(SCc3cn(CC(=O)Nc4nc(-c5ccccc5)cs4)nn3)nc3ccccc3c2=O)cc1. The molecule has 0 saturated heterocycles. The molecule has 3 heterocycles. The van der Waals surface area contributed by atoms with E-state index in [1.54, 1.807) is 16.8 Å². The monoisotopic (exact) mass is 565 g/mol. The molecule has 1 N–H and O–H groups in total. The van der Waals surface area contributed by atoms with E-state index in [1.807, 2.05) is 85.1 Å². The molecule has 0 spiro atoms. The summed E-state index contributed by atoms with van der Waals surface area (Å²) in [5, 5.41) is 14.7. The maximum atomic E-state index is 13.4. The van der Waals surface area contributed by atoms with Crippen molar-refractivity contribution in [2.24, 2.45) is 0 Å². The van der Waals surface area contributed by atoms with Crippen LogP contribution < -0.4 is 10.9 Å². The van der Waals surface area contributed by atoms with Crippen LogP contribution in [0.4, 0.5) is 5.13 Å². The van der Waals surface area contributed by atoms with Crippen molar-refractivity contribution in [2.75, 3.05) is 5.32 Å². The highest BCUT2D eigenvalue weighted by Gasteiger charge is 2.15. The summed E-state index contributed by atoms with van der Waals surface area (Å²) in [5.74, 6) is 0.174. The fourth-order valence-electron chi connectivity index (χ4n) is 4.13. The lowest BCUT2D eigenvalue weighted by atomic mass is 10.2. The second-order valence-electron chi connectivity index (χ2n) is 9.04. The van der Waals surface area contributed by atoms with E-state index in [1.165, 1.54) is 27.8 Å². The van der Waals surface area contributed by atoms with Gasteiger partial charge in [-0.2, -0.15) is 0 Å². The Kier molecular flexibility index (Phi) is 7.21. The number of rotatable bonds is 8. The van der Waals surface area contributed by atoms with E-state index in [-0.39, 0.29) is 18.0 Å². The van der Waals surface area contributed by atoms with Gasteiger partial charge in [0.15, 0.2) is 10.3 Å². The molecule has 11 heteroatoms. The number of thioether (sulfide) groups is 1. The lowest BCUT2D eigenvalue weighted by Crippen LogP contribution is -2.21. The topological polar surface area (TPSA) is 108 Å². The van der Waals surface area contributed by atoms with Gasteiger partial charge in [0.2, 0.25) is 5.91 Å². The fourth-order valence-corrected chi connectivity index (χ4v) is 5.76. The van der Waals surface area contributed by atoms with Gasteiger partial charge in [-0.3, -0.25) is 14.2 Å². The zero-order chi connectivity index (χ0) is 27.5. The quantitative estimate of drug-likeness (QED) is 0.196. The van der Waals surface area contributed by atoms with Crippen molar-refractivity contribution in [1.82, 2.24) is 29.5 Å². The van der Waals surface area contributed by atoms with Crippen molar-refractivity contribution >= 4 is 45.0 Å². The molecular weight excluding hydrogens is 543 g/mol. The Morgan fingerprint density at radius 3 is 2.58 bits per heavy atom. The zero-order valence-electron chi connectivity index (χ0n) is 21.4. The first-order chi connectivity index (χ1) is 19.5. The lowest BCUT2D eigenvalue weighted by Gasteiger charge is -2.13. The van der Waals surface area contributed by atoms with Gasteiger partial charge in [0, 0.05) is 22.9 Å². The Labute approximate surface area is 237 Å². The molecule has 3 aromatic carbocycles. The van der Waals surface area contributed by atoms with Gasteiger partial charge in [0.05, 0.1) is 28.0 Å². The number of fused-ring (bicyclic) bond motifs is 1. The van der Waals surface area contributed by atoms with Gasteiger partial charge in [-0.05, 0) is 31.2 Å². The first kappa shape index (κ1) is 25.7. The van der Waals surface area contributed by atoms with Crippen molar-refractivity contribution in [3.8, 4) is 16.9 Å². The third-order valence-corrected chi connectivity index (χ3v) is 7.83. The Hall–Kier alpha value is -4.61. The molecule has 40 heavy (non-hydrogen) atoms. The molecule has 0 saturated carbocycles. The number of amides is 1. The molecule has 1 amide bonds. The molecule has 0 unspecified atom stereocenters. The summed E-state index contributed by atoms with van der Waals surface area (Å²) >= 11 is 2.76. The minimum atomic E-state index is -0.248. The Morgan fingerprint density at radius 1 is 0.975 bits per heavy atom. The number of aryl methyl sites for hydroxylation is 1. The number of benzene rings is 3. The van der Waals surface area contributed by atoms with E-state index in [2.05, 4.69) is 20.6 Å². The number of carbonyl (C=O) groups is 1. The van der Waals surface area contributed by atoms with E-state index in [4.69, 9.17) is 4.98 Å². The molecule has 0 fully saturated rings. The summed E-state index contributed by atoms with van der Waals surface area (Å²) in [5.41, 5.74) is 4.82. The first-order valence-electron chi connectivity index (χ1n) is 12.4. The standard InChI is InChI=1S/C29H23N7O2S2/c1-19-11-13-22(14-12-19)36-27(38)23-9-5-6-10-24(23)31-29(36)40-17-21-15-35(34-33-21)16-26(37)32-28-30-25(18-39-28)20-7-3-2-4-8-20/h2-15,18H,16-17H2,1H3,(H,30,32,37). The number of nitrogens with one attached hydrogen (secondary N) is 1. The molecule has 0 aliphatic rings. The first-order valence-corrected chi connectivity index (χ1v) is 14.3. The van der Waals surface area contributed by atoms with Gasteiger partial charge in [0.25, 0.3) is 5.56 Å². The van der Waals surface area contributed by atoms with E-state index in [9.17, 15) is 9.59 Å². The van der Waals surface area contributed by atoms with E-state index >= 15 is 0 Å². The molecule has 0 aliphatic heterocycles. The van der Waals surface area contributed by atoms with Crippen LogP contribution in [-0.4, -0.2) is 35.4 Å². The van der Waals surface area contributed by atoms with Crippen LogP contribution in [-0.2, 0) is 17.1 Å². The summed E-state index contributed by atoms with van der Waals surface area (Å²) in [6.45, 7) is 2.00. The molecule has 0 aliphatic carbocycles. The summed E-state index contributed by atoms with van der Waals surface area (Å²) in [4.78, 5) is 35.3. The summed E-state index contributed by atoms with van der Waals surface area (Å²) in [7, 11) is 0. The van der Waals surface area contributed by atoms with Crippen molar-refractivity contribution in [2.45, 2.75) is 24.4 Å². The van der Waals surface area contributed by atoms with Crippen molar-refractivity contribution in [3.05, 3.63) is 112 Å². The minimum absolute atomic E-state index is 0.000214. The number of para-hydroxylation sites is 1. The van der Waals surface area contributed by atoms with Crippen molar-refractivity contribution < 1.29 is 4.79 Å². The summed E-state index contributed by atoms with van der Waals surface area (Å²) in [6, 6.07) is 24.9. The molecule has 198 valence electrons. The lowest BCUT2D eigenvalue weighted by molar-refractivity contribution is -0.116. The maximum Gasteiger partial charge on any atom is 0.266 e. The Morgan fingerprint density at radius 2 is 1.75 bits per heavy atom. The summed E-state index contributed by atoms with van der Waals surface area (Å²) in [6.07, 6.45) is 1.72. The highest BCUT2D eigenvalue weighted by Crippen LogP contribution is 2.26. The third kappa shape index (κ3) is 5.56. The van der Waals surface area contributed by atoms with Gasteiger partial charge < -0.3 is 5.32 Å². The van der Waals surface area contributed by atoms with Gasteiger partial charge in [-0.15, -0.1) is 16.4 Å². The number of carbonyl (C=O) groups excluding carboxylic acids is 1. The van der Waals surface area contributed by atoms with E-state index in [0.717, 1.165) is 22.5 Å². The minimum Gasteiger partial charge on any atom is -0.300 e. The normalized spacial score (nSPS) is 11.1. The second kappa shape index (κ2) is 11.2. The van der Waals surface area contributed by atoms with Gasteiger partial charge >= 0.3 is 0 Å². The molecular formula is C29H23N7O2S2. The highest BCUT2D eigenvalue weighted by molar-refractivity contribution is 7.98. The average Bonchev–Trinajstić information content (AvgIpc) is 3.63. The van der Waals surface area contributed by atoms with Crippen LogP contribution in [0.5, 0.6) is 0 Å². The number of aromatic nitrogens is 6. The number of hydrogen-bond acceptors (Lipinski definition) is 8. The molecule has 6 rings (SSSR count). The van der Waals surface area contributed by atoms with Crippen LogP contribution in [0.3, 0.4) is 0 Å². The predicted molar refractivity (Wildman–Crippen MR) is 158 cm³/mol. The largest absolute Gasteiger partial charge is 0.300 e. The van der Waals surface area contributed by atoms with Crippen molar-refractivity contribution in [1.29, 1.82) is 0 Å². The highest BCUT2D eigenvalue weighted by atomic mass is 32.2. The molecule has 0 atom stereocenters. The molecule has 0 bridgehead atoms. The van der Waals surface area contributed by atoms with E-state index < -0.39 is 0 Å². The van der Waals surface area contributed by atoms with Gasteiger partial charge in [-0.1, -0.05) is 77.1 Å². The average molecular weight is 566 g/mol. The fraction of sp³-hybridized carbons (Fsp3) is 0.103. The van der Waals surface area contributed by atoms with Crippen LogP contribution in [0.15, 0.2) is 100 Å². The number of nitrogens with zero attached hydrogens (tertiary/aromatic N) is 6. The number of hydrogen-bond donors (Lipinski definition) is 1. The van der Waals surface area contributed by atoms with E-state index in [0.29, 0.717) is 32.6 Å². The van der Waals surface area contributed by atoms with Crippen molar-refractivity contribution in [3.63, 3.8) is 0 Å².